The molecule has 1 saturated carbocycles. The van der Waals surface area contributed by atoms with Gasteiger partial charge in [-0.2, -0.15) is 0 Å². The van der Waals surface area contributed by atoms with E-state index in [1.54, 1.807) is 0 Å². The number of hydrogen-bond donors (Lipinski definition) is 2. The molecule has 1 aliphatic carbocycles. The van der Waals surface area contributed by atoms with Crippen LogP contribution in [0.4, 0.5) is 0 Å². The summed E-state index contributed by atoms with van der Waals surface area (Å²) in [7, 11) is 0. The lowest BCUT2D eigenvalue weighted by Gasteiger charge is -2.52. The zero-order chi connectivity index (χ0) is 11.0. The molecule has 14 heavy (non-hydrogen) atoms. The van der Waals surface area contributed by atoms with E-state index in [0.29, 0.717) is 12.5 Å². The molecule has 0 radical (unpaired) electrons. The highest BCUT2D eigenvalue weighted by atomic mass is 16.4. The maximum absolute atomic E-state index is 10.7. The highest BCUT2D eigenvalue weighted by Crippen LogP contribution is 2.54. The van der Waals surface area contributed by atoms with Crippen molar-refractivity contribution >= 4 is 5.97 Å². The van der Waals surface area contributed by atoms with E-state index in [1.807, 2.05) is 0 Å². The van der Waals surface area contributed by atoms with Crippen LogP contribution < -0.4 is 5.73 Å². The lowest BCUT2D eigenvalue weighted by molar-refractivity contribution is -0.143. The Bertz CT molecular complexity index is 224. The average Bonchev–Trinajstić information content (AvgIpc) is 1.93. The summed E-state index contributed by atoms with van der Waals surface area (Å²) in [5.41, 5.74) is 5.84. The van der Waals surface area contributed by atoms with E-state index in [-0.39, 0.29) is 17.3 Å². The second kappa shape index (κ2) is 3.54. The van der Waals surface area contributed by atoms with Crippen LogP contribution in [0, 0.1) is 16.7 Å². The van der Waals surface area contributed by atoms with Crippen molar-refractivity contribution in [3.05, 3.63) is 0 Å². The first-order valence-corrected chi connectivity index (χ1v) is 5.21. The molecule has 1 fully saturated rings. The number of rotatable bonds is 3. The van der Waals surface area contributed by atoms with Crippen molar-refractivity contribution in [1.82, 2.24) is 0 Å². The van der Waals surface area contributed by atoms with E-state index in [0.717, 1.165) is 12.8 Å². The monoisotopic (exact) mass is 199 g/mol. The van der Waals surface area contributed by atoms with Crippen molar-refractivity contribution in [2.24, 2.45) is 22.5 Å². The fourth-order valence-electron chi connectivity index (χ4n) is 2.30. The molecule has 0 unspecified atom stereocenters. The van der Waals surface area contributed by atoms with Gasteiger partial charge in [0.2, 0.25) is 0 Å². The molecule has 3 heteroatoms. The third-order valence-corrected chi connectivity index (χ3v) is 3.54. The molecule has 0 aromatic heterocycles. The minimum absolute atomic E-state index is 0.107. The average molecular weight is 199 g/mol. The van der Waals surface area contributed by atoms with Gasteiger partial charge >= 0.3 is 5.97 Å². The molecule has 3 N–H and O–H groups in total. The summed E-state index contributed by atoms with van der Waals surface area (Å²) in [6.07, 6.45) is 2.18. The van der Waals surface area contributed by atoms with Gasteiger partial charge in [-0.25, -0.2) is 0 Å². The van der Waals surface area contributed by atoms with Crippen LogP contribution in [0.1, 0.15) is 40.0 Å². The van der Waals surface area contributed by atoms with E-state index in [9.17, 15) is 4.79 Å². The van der Waals surface area contributed by atoms with Crippen LogP contribution in [0.15, 0.2) is 0 Å². The molecule has 0 saturated heterocycles. The van der Waals surface area contributed by atoms with Gasteiger partial charge in [-0.15, -0.1) is 0 Å². The number of carbonyl (C=O) groups is 1. The summed E-state index contributed by atoms with van der Waals surface area (Å²) in [5, 5.41) is 8.78. The SMILES string of the molecule is CC(C)(C)[C@H]1C[C@@](CN)(CC(=O)O)C1. The van der Waals surface area contributed by atoms with Crippen LogP contribution in [0.3, 0.4) is 0 Å². The Balaban J connectivity index is 2.53. The Kier molecular flexibility index (Phi) is 2.91. The Morgan fingerprint density at radius 1 is 1.50 bits per heavy atom. The molecule has 0 heterocycles. The van der Waals surface area contributed by atoms with Gasteiger partial charge in [-0.05, 0) is 36.1 Å². The molecule has 0 bridgehead atoms. The maximum atomic E-state index is 10.7. The lowest BCUT2D eigenvalue weighted by Crippen LogP contribution is -2.48. The van der Waals surface area contributed by atoms with Crippen LogP contribution >= 0.6 is 0 Å². The molecule has 0 atom stereocenters. The Morgan fingerprint density at radius 3 is 2.29 bits per heavy atom. The van der Waals surface area contributed by atoms with Crippen LogP contribution in [0.2, 0.25) is 0 Å². The standard InChI is InChI=1S/C11H21NO2/c1-10(2,3)8-4-11(5-8,7-12)6-9(13)14/h8H,4-7,12H2,1-3H3,(H,13,14)/t8-,11-. The fraction of sp³-hybridized carbons (Fsp3) is 0.909. The minimum atomic E-state index is -0.720. The first-order chi connectivity index (χ1) is 6.29. The normalized spacial score (nSPS) is 32.4. The topological polar surface area (TPSA) is 63.3 Å². The largest absolute Gasteiger partial charge is 0.481 e. The summed E-state index contributed by atoms with van der Waals surface area (Å²) in [4.78, 5) is 10.7. The van der Waals surface area contributed by atoms with Gasteiger partial charge in [0.05, 0.1) is 6.42 Å². The molecule has 0 amide bonds. The Hall–Kier alpha value is -0.570. The van der Waals surface area contributed by atoms with E-state index in [1.165, 1.54) is 0 Å². The molecular weight excluding hydrogens is 178 g/mol. The summed E-state index contributed by atoms with van der Waals surface area (Å²) in [6.45, 7) is 7.13. The summed E-state index contributed by atoms with van der Waals surface area (Å²) in [6, 6.07) is 0. The lowest BCUT2D eigenvalue weighted by atomic mass is 9.53. The number of nitrogens with two attached hydrogens (primary N) is 1. The third kappa shape index (κ3) is 2.27. The van der Waals surface area contributed by atoms with Crippen molar-refractivity contribution < 1.29 is 9.90 Å². The third-order valence-electron chi connectivity index (χ3n) is 3.54. The Morgan fingerprint density at radius 2 is 2.00 bits per heavy atom. The van der Waals surface area contributed by atoms with Gasteiger partial charge < -0.3 is 10.8 Å². The molecule has 0 spiro atoms. The van der Waals surface area contributed by atoms with E-state index >= 15 is 0 Å². The molecule has 3 nitrogen and oxygen atoms in total. The molecule has 82 valence electrons. The van der Waals surface area contributed by atoms with E-state index < -0.39 is 5.97 Å². The number of aliphatic carboxylic acids is 1. The summed E-state index contributed by atoms with van der Waals surface area (Å²) < 4.78 is 0. The van der Waals surface area contributed by atoms with Gasteiger partial charge in [0, 0.05) is 0 Å². The van der Waals surface area contributed by atoms with Gasteiger partial charge in [0.15, 0.2) is 0 Å². The molecule has 0 aromatic rings. The van der Waals surface area contributed by atoms with Gasteiger partial charge in [0.25, 0.3) is 0 Å². The predicted molar refractivity (Wildman–Crippen MR) is 55.9 cm³/mol. The van der Waals surface area contributed by atoms with Crippen molar-refractivity contribution in [3.8, 4) is 0 Å². The summed E-state index contributed by atoms with van der Waals surface area (Å²) in [5.74, 6) is -0.0896. The zero-order valence-electron chi connectivity index (χ0n) is 9.34. The molecule has 1 rings (SSSR count). The number of carboxylic acids is 1. The van der Waals surface area contributed by atoms with Crippen molar-refractivity contribution in [1.29, 1.82) is 0 Å². The van der Waals surface area contributed by atoms with Crippen LogP contribution in [0.5, 0.6) is 0 Å². The smallest absolute Gasteiger partial charge is 0.303 e. The summed E-state index contributed by atoms with van der Waals surface area (Å²) >= 11 is 0. The van der Waals surface area contributed by atoms with Crippen molar-refractivity contribution in [2.75, 3.05) is 6.54 Å². The first-order valence-electron chi connectivity index (χ1n) is 5.21. The second-order valence-electron chi connectivity index (χ2n) is 5.75. The van der Waals surface area contributed by atoms with Crippen molar-refractivity contribution in [2.45, 2.75) is 40.0 Å². The predicted octanol–water partition coefficient (Wildman–Crippen LogP) is 1.86. The van der Waals surface area contributed by atoms with Crippen LogP contribution in [-0.2, 0) is 4.79 Å². The second-order valence-corrected chi connectivity index (χ2v) is 5.75. The minimum Gasteiger partial charge on any atom is -0.481 e. The highest BCUT2D eigenvalue weighted by molar-refractivity contribution is 5.68. The molecule has 1 aliphatic rings. The number of hydrogen-bond acceptors (Lipinski definition) is 2. The van der Waals surface area contributed by atoms with Gasteiger partial charge in [-0.3, -0.25) is 4.79 Å². The molecular formula is C11H21NO2. The van der Waals surface area contributed by atoms with E-state index in [4.69, 9.17) is 10.8 Å². The van der Waals surface area contributed by atoms with E-state index in [2.05, 4.69) is 20.8 Å². The van der Waals surface area contributed by atoms with Crippen LogP contribution in [0.25, 0.3) is 0 Å². The quantitative estimate of drug-likeness (QED) is 0.729. The zero-order valence-corrected chi connectivity index (χ0v) is 9.34. The maximum Gasteiger partial charge on any atom is 0.303 e. The van der Waals surface area contributed by atoms with Crippen LogP contribution in [-0.4, -0.2) is 17.6 Å². The van der Waals surface area contributed by atoms with Crippen molar-refractivity contribution in [3.63, 3.8) is 0 Å². The van der Waals surface area contributed by atoms with Gasteiger partial charge in [-0.1, -0.05) is 20.8 Å². The first kappa shape index (κ1) is 11.5. The highest BCUT2D eigenvalue weighted by Gasteiger charge is 2.48. The van der Waals surface area contributed by atoms with Gasteiger partial charge in [0.1, 0.15) is 0 Å². The molecule has 0 aromatic carbocycles. The fourth-order valence-corrected chi connectivity index (χ4v) is 2.30. The number of carboxylic acid groups (broad SMARTS) is 1. The Labute approximate surface area is 85.7 Å². The molecule has 0 aliphatic heterocycles.